The van der Waals surface area contributed by atoms with Crippen LogP contribution in [0.1, 0.15) is 27.2 Å². The highest BCUT2D eigenvalue weighted by molar-refractivity contribution is 6.10. The van der Waals surface area contributed by atoms with E-state index in [1.165, 1.54) is 0 Å². The van der Waals surface area contributed by atoms with Gasteiger partial charge in [0.25, 0.3) is 0 Å². The fourth-order valence-corrected chi connectivity index (χ4v) is 4.26. The smallest absolute Gasteiger partial charge is 0.228 e. The van der Waals surface area contributed by atoms with Crippen molar-refractivity contribution in [1.29, 1.82) is 0 Å². The lowest BCUT2D eigenvalue weighted by molar-refractivity contribution is 0.112. The van der Waals surface area contributed by atoms with Crippen LogP contribution in [0.15, 0.2) is 29.4 Å². The zero-order chi connectivity index (χ0) is 23.4. The molecule has 0 radical (unpaired) electrons. The minimum atomic E-state index is 0.211. The first kappa shape index (κ1) is 22.9. The molecule has 0 spiro atoms. The van der Waals surface area contributed by atoms with E-state index in [2.05, 4.69) is 14.8 Å². The van der Waals surface area contributed by atoms with Crippen molar-refractivity contribution >= 4 is 35.5 Å². The summed E-state index contributed by atoms with van der Waals surface area (Å²) in [6.07, 6.45) is 5.49. The van der Waals surface area contributed by atoms with Gasteiger partial charge in [0.2, 0.25) is 5.95 Å². The fraction of sp³-hybridized carbons (Fsp3) is 0.417. The number of carbonyl (C=O) groups excluding carboxylic acids is 1. The van der Waals surface area contributed by atoms with E-state index in [1.54, 1.807) is 6.21 Å². The Morgan fingerprint density at radius 1 is 1.24 bits per heavy atom. The van der Waals surface area contributed by atoms with Crippen molar-refractivity contribution < 1.29 is 9.53 Å². The molecule has 1 aromatic heterocycles. The Bertz CT molecular complexity index is 1070. The van der Waals surface area contributed by atoms with E-state index >= 15 is 0 Å². The molecule has 9 nitrogen and oxygen atoms in total. The van der Waals surface area contributed by atoms with Crippen molar-refractivity contribution in [2.45, 2.75) is 13.3 Å². The van der Waals surface area contributed by atoms with Crippen molar-refractivity contribution in [2.24, 2.45) is 10.7 Å². The van der Waals surface area contributed by atoms with Crippen molar-refractivity contribution in [2.75, 3.05) is 63.4 Å². The Balaban J connectivity index is 1.86. The first-order valence-corrected chi connectivity index (χ1v) is 11.2. The molecule has 1 aromatic carbocycles. The lowest BCUT2D eigenvalue weighted by Gasteiger charge is -2.29. The van der Waals surface area contributed by atoms with Gasteiger partial charge in [-0.2, -0.15) is 4.98 Å². The van der Waals surface area contributed by atoms with Gasteiger partial charge in [-0.25, -0.2) is 4.98 Å². The second-order valence-corrected chi connectivity index (χ2v) is 8.38. The summed E-state index contributed by atoms with van der Waals surface area (Å²) in [4.78, 5) is 31.9. The molecule has 33 heavy (non-hydrogen) atoms. The molecule has 0 aliphatic carbocycles. The van der Waals surface area contributed by atoms with Crippen molar-refractivity contribution in [3.63, 3.8) is 0 Å². The number of nitrogens with zero attached hydrogens (tertiary/aromatic N) is 6. The van der Waals surface area contributed by atoms with Gasteiger partial charge in [0.05, 0.1) is 25.6 Å². The van der Waals surface area contributed by atoms with E-state index in [9.17, 15) is 4.79 Å². The standard InChI is InChI=1S/C24H31N7O2/c1-17-12-18(15-32)4-5-21(17)31-7-6-20-22(19(13-26-16-25)14-29(2)3)27-24(28-23(20)31)30-8-10-33-11-9-30/h4-5,12-15H,6-11,16,25H2,1-3H3/b19-14+,26-13?. The molecule has 0 amide bonds. The van der Waals surface area contributed by atoms with Crippen LogP contribution >= 0.6 is 0 Å². The normalized spacial score (nSPS) is 16.4. The molecule has 1 saturated heterocycles. The molecule has 2 N–H and O–H groups in total. The molecule has 0 unspecified atom stereocenters. The SMILES string of the molecule is Cc1cc(C=O)ccc1N1CCc2c(/C(C=NCN)=C/N(C)C)nc(N3CCOCC3)nc21. The molecule has 1 fully saturated rings. The van der Waals surface area contributed by atoms with Crippen LogP contribution in [-0.4, -0.2) is 81.0 Å². The average molecular weight is 450 g/mol. The van der Waals surface area contributed by atoms with Crippen molar-refractivity contribution in [3.05, 3.63) is 46.8 Å². The van der Waals surface area contributed by atoms with Gasteiger partial charge in [-0.3, -0.25) is 9.79 Å². The highest BCUT2D eigenvalue weighted by Crippen LogP contribution is 2.39. The number of allylic oxidation sites excluding steroid dienone is 1. The molecular formula is C24H31N7O2. The second kappa shape index (κ2) is 10.1. The average Bonchev–Trinajstić information content (AvgIpc) is 3.25. The van der Waals surface area contributed by atoms with E-state index in [-0.39, 0.29) is 6.67 Å². The number of rotatable bonds is 7. The molecular weight excluding hydrogens is 418 g/mol. The zero-order valence-electron chi connectivity index (χ0n) is 19.5. The quantitative estimate of drug-likeness (QED) is 0.506. The second-order valence-electron chi connectivity index (χ2n) is 8.38. The van der Waals surface area contributed by atoms with Crippen LogP contribution in [0.4, 0.5) is 17.5 Å². The highest BCUT2D eigenvalue weighted by atomic mass is 16.5. The monoisotopic (exact) mass is 449 g/mol. The number of aliphatic imine (C=N–C) groups is 1. The number of morpholine rings is 1. The summed E-state index contributed by atoms with van der Waals surface area (Å²) >= 11 is 0. The first-order chi connectivity index (χ1) is 16.0. The van der Waals surface area contributed by atoms with Crippen LogP contribution in [0.3, 0.4) is 0 Å². The molecule has 0 saturated carbocycles. The predicted molar refractivity (Wildman–Crippen MR) is 132 cm³/mol. The number of hydrogen-bond donors (Lipinski definition) is 1. The van der Waals surface area contributed by atoms with Crippen LogP contribution in [0, 0.1) is 6.92 Å². The fourth-order valence-electron chi connectivity index (χ4n) is 4.26. The summed E-state index contributed by atoms with van der Waals surface area (Å²) in [5, 5.41) is 0. The predicted octanol–water partition coefficient (Wildman–Crippen LogP) is 2.02. The molecule has 2 aliphatic rings. The summed E-state index contributed by atoms with van der Waals surface area (Å²) in [5.74, 6) is 1.58. The van der Waals surface area contributed by atoms with E-state index in [0.29, 0.717) is 24.7 Å². The molecule has 2 aromatic rings. The number of aryl methyl sites for hydroxylation is 1. The van der Waals surface area contributed by atoms with Crippen LogP contribution in [0.2, 0.25) is 0 Å². The number of benzene rings is 1. The van der Waals surface area contributed by atoms with E-state index < -0.39 is 0 Å². The van der Waals surface area contributed by atoms with Gasteiger partial charge in [0.15, 0.2) is 0 Å². The highest BCUT2D eigenvalue weighted by Gasteiger charge is 2.30. The third kappa shape index (κ3) is 4.89. The van der Waals surface area contributed by atoms with Crippen LogP contribution in [0.25, 0.3) is 5.57 Å². The van der Waals surface area contributed by atoms with E-state index in [0.717, 1.165) is 66.2 Å². The summed E-state index contributed by atoms with van der Waals surface area (Å²) in [6.45, 7) is 5.82. The molecule has 9 heteroatoms. The molecule has 4 rings (SSSR count). The number of aromatic nitrogens is 2. The number of fused-ring (bicyclic) bond motifs is 1. The van der Waals surface area contributed by atoms with Gasteiger partial charge in [0, 0.05) is 68.5 Å². The van der Waals surface area contributed by atoms with Crippen LogP contribution in [-0.2, 0) is 11.2 Å². The minimum Gasteiger partial charge on any atom is -0.383 e. The molecule has 0 atom stereocenters. The van der Waals surface area contributed by atoms with E-state index in [1.807, 2.05) is 50.3 Å². The Hall–Kier alpha value is -3.30. The maximum absolute atomic E-state index is 11.2. The Labute approximate surface area is 194 Å². The van der Waals surface area contributed by atoms with Gasteiger partial charge >= 0.3 is 0 Å². The Morgan fingerprint density at radius 2 is 2.03 bits per heavy atom. The summed E-state index contributed by atoms with van der Waals surface area (Å²) in [5.41, 5.74) is 11.3. The Kier molecular flexibility index (Phi) is 7.00. The summed E-state index contributed by atoms with van der Waals surface area (Å²) in [6, 6.07) is 5.76. The molecule has 0 bridgehead atoms. The maximum Gasteiger partial charge on any atom is 0.228 e. The summed E-state index contributed by atoms with van der Waals surface area (Å²) < 4.78 is 5.54. The van der Waals surface area contributed by atoms with Crippen molar-refractivity contribution in [3.8, 4) is 0 Å². The maximum atomic E-state index is 11.2. The number of anilines is 3. The van der Waals surface area contributed by atoms with Gasteiger partial charge in [-0.05, 0) is 37.1 Å². The van der Waals surface area contributed by atoms with Crippen LogP contribution in [0.5, 0.6) is 0 Å². The van der Waals surface area contributed by atoms with Gasteiger partial charge < -0.3 is 25.2 Å². The minimum absolute atomic E-state index is 0.211. The Morgan fingerprint density at radius 3 is 2.70 bits per heavy atom. The third-order valence-corrected chi connectivity index (χ3v) is 5.76. The largest absolute Gasteiger partial charge is 0.383 e. The first-order valence-electron chi connectivity index (χ1n) is 11.2. The molecule has 3 heterocycles. The molecule has 2 aliphatic heterocycles. The molecule has 174 valence electrons. The number of nitrogens with two attached hydrogens (primary N) is 1. The van der Waals surface area contributed by atoms with Crippen LogP contribution < -0.4 is 15.5 Å². The third-order valence-electron chi connectivity index (χ3n) is 5.76. The number of hydrogen-bond acceptors (Lipinski definition) is 9. The van der Waals surface area contributed by atoms with Gasteiger partial charge in [0.1, 0.15) is 12.1 Å². The lowest BCUT2D eigenvalue weighted by atomic mass is 10.1. The van der Waals surface area contributed by atoms with Gasteiger partial charge in [-0.15, -0.1) is 0 Å². The lowest BCUT2D eigenvalue weighted by Crippen LogP contribution is -2.37. The number of carbonyl (C=O) groups is 1. The number of ether oxygens (including phenoxy) is 1. The van der Waals surface area contributed by atoms with E-state index in [4.69, 9.17) is 20.4 Å². The van der Waals surface area contributed by atoms with Crippen molar-refractivity contribution in [1.82, 2.24) is 14.9 Å². The number of aldehydes is 1. The summed E-state index contributed by atoms with van der Waals surface area (Å²) in [7, 11) is 3.95. The zero-order valence-corrected chi connectivity index (χ0v) is 19.5. The van der Waals surface area contributed by atoms with Gasteiger partial charge in [-0.1, -0.05) is 0 Å². The topological polar surface area (TPSA) is 100 Å².